The molecular weight excluding hydrogens is 299 g/mol. The molecule has 0 bridgehead atoms. The van der Waals surface area contributed by atoms with E-state index in [0.717, 1.165) is 13.1 Å². The highest BCUT2D eigenvalue weighted by atomic mass is 19.1. The molecule has 1 aromatic carbocycles. The number of aromatic nitrogens is 2. The number of nitrogens with two attached hydrogens (primary N) is 1. The highest BCUT2D eigenvalue weighted by molar-refractivity contribution is 5.64. The third-order valence-corrected chi connectivity index (χ3v) is 3.70. The Kier molecular flexibility index (Phi) is 5.09. The van der Waals surface area contributed by atoms with Crippen molar-refractivity contribution in [1.29, 1.82) is 0 Å². The van der Waals surface area contributed by atoms with Crippen molar-refractivity contribution in [1.82, 2.24) is 20.9 Å². The number of morpholine rings is 1. The van der Waals surface area contributed by atoms with Gasteiger partial charge in [0.25, 0.3) is 0 Å². The summed E-state index contributed by atoms with van der Waals surface area (Å²) in [6.45, 7) is 3.15. The van der Waals surface area contributed by atoms with Crippen LogP contribution >= 0.6 is 0 Å². The molecule has 1 aliphatic heterocycles. The minimum atomic E-state index is -0.307. The van der Waals surface area contributed by atoms with Crippen molar-refractivity contribution in [3.63, 3.8) is 0 Å². The fraction of sp³-hybridized carbons (Fsp3) is 0.333. The second-order valence-corrected chi connectivity index (χ2v) is 5.15. The molecule has 0 atom stereocenters. The maximum atomic E-state index is 14.5. The van der Waals surface area contributed by atoms with Gasteiger partial charge in [0.2, 0.25) is 5.95 Å². The first-order chi connectivity index (χ1) is 11.3. The summed E-state index contributed by atoms with van der Waals surface area (Å²) in [5.74, 6) is 5.48. The zero-order chi connectivity index (χ0) is 16.1. The van der Waals surface area contributed by atoms with Crippen molar-refractivity contribution in [2.45, 2.75) is 6.54 Å². The minimum absolute atomic E-state index is 0.281. The topological polar surface area (TPSA) is 88.3 Å². The minimum Gasteiger partial charge on any atom is -0.378 e. The average Bonchev–Trinajstić information content (AvgIpc) is 2.62. The van der Waals surface area contributed by atoms with E-state index >= 15 is 0 Å². The number of hydrogen-bond acceptors (Lipinski definition) is 7. The van der Waals surface area contributed by atoms with Crippen LogP contribution in [-0.4, -0.2) is 36.3 Å². The predicted octanol–water partition coefficient (Wildman–Crippen LogP) is 0.587. The van der Waals surface area contributed by atoms with Crippen LogP contribution in [0, 0.1) is 5.82 Å². The Morgan fingerprint density at radius 2 is 1.96 bits per heavy atom. The van der Waals surface area contributed by atoms with Crippen LogP contribution in [0.25, 0.3) is 11.1 Å². The van der Waals surface area contributed by atoms with E-state index < -0.39 is 0 Å². The van der Waals surface area contributed by atoms with Crippen LogP contribution < -0.4 is 21.7 Å². The van der Waals surface area contributed by atoms with Crippen LogP contribution in [0.5, 0.6) is 0 Å². The van der Waals surface area contributed by atoms with Crippen LogP contribution in [-0.2, 0) is 11.3 Å². The van der Waals surface area contributed by atoms with Crippen LogP contribution in [0.15, 0.2) is 30.6 Å². The first-order valence-corrected chi connectivity index (χ1v) is 7.40. The fourth-order valence-corrected chi connectivity index (χ4v) is 2.47. The number of hydrogen-bond donors (Lipinski definition) is 3. The third kappa shape index (κ3) is 3.62. The molecule has 0 saturated carbocycles. The van der Waals surface area contributed by atoms with Crippen molar-refractivity contribution in [2.75, 3.05) is 31.2 Å². The highest BCUT2D eigenvalue weighted by Crippen LogP contribution is 2.24. The standard InChI is InChI=1S/C15H19FN6O/c16-14-11(10-20-21-17)2-1-3-13(14)12-8-18-15(19-9-12)22-4-6-23-7-5-22/h1-3,8-9,20-21H,4-7,10,17H2. The van der Waals surface area contributed by atoms with Gasteiger partial charge in [-0.3, -0.25) is 5.84 Å². The molecule has 0 radical (unpaired) electrons. The number of nitrogens with one attached hydrogen (secondary N) is 2. The van der Waals surface area contributed by atoms with Gasteiger partial charge in [0.1, 0.15) is 5.82 Å². The molecule has 122 valence electrons. The van der Waals surface area contributed by atoms with Gasteiger partial charge in [-0.05, 0) is 0 Å². The van der Waals surface area contributed by atoms with Crippen LogP contribution in [0.3, 0.4) is 0 Å². The summed E-state index contributed by atoms with van der Waals surface area (Å²) in [6.07, 6.45) is 3.29. The summed E-state index contributed by atoms with van der Waals surface area (Å²) in [5.41, 5.74) is 6.58. The van der Waals surface area contributed by atoms with E-state index in [4.69, 9.17) is 10.6 Å². The Labute approximate surface area is 133 Å². The SMILES string of the molecule is NNNCc1cccc(-c2cnc(N3CCOCC3)nc2)c1F. The molecule has 23 heavy (non-hydrogen) atoms. The summed E-state index contributed by atoms with van der Waals surface area (Å²) >= 11 is 0. The lowest BCUT2D eigenvalue weighted by molar-refractivity contribution is 0.122. The van der Waals surface area contributed by atoms with Gasteiger partial charge in [-0.2, -0.15) is 5.53 Å². The Hall–Kier alpha value is -2.13. The van der Waals surface area contributed by atoms with Crippen LogP contribution in [0.1, 0.15) is 5.56 Å². The van der Waals surface area contributed by atoms with Crippen LogP contribution in [0.4, 0.5) is 10.3 Å². The molecule has 0 amide bonds. The molecule has 1 aromatic heterocycles. The Morgan fingerprint density at radius 3 is 2.65 bits per heavy atom. The van der Waals surface area contributed by atoms with E-state index in [-0.39, 0.29) is 12.4 Å². The number of nitrogens with zero attached hydrogens (tertiary/aromatic N) is 3. The Balaban J connectivity index is 1.81. The number of halogens is 1. The number of ether oxygens (including phenoxy) is 1. The van der Waals surface area contributed by atoms with Crippen LogP contribution in [0.2, 0.25) is 0 Å². The van der Waals surface area contributed by atoms with Crippen molar-refractivity contribution in [3.8, 4) is 11.1 Å². The second-order valence-electron chi connectivity index (χ2n) is 5.15. The van der Waals surface area contributed by atoms with E-state index in [1.165, 1.54) is 0 Å². The Morgan fingerprint density at radius 1 is 1.22 bits per heavy atom. The van der Waals surface area contributed by atoms with Gasteiger partial charge in [-0.25, -0.2) is 19.8 Å². The average molecular weight is 318 g/mol. The molecule has 3 rings (SSSR count). The number of hydrazine groups is 2. The van der Waals surface area contributed by atoms with Gasteiger partial charge in [0.05, 0.1) is 13.2 Å². The fourth-order valence-electron chi connectivity index (χ4n) is 2.47. The monoisotopic (exact) mass is 318 g/mol. The van der Waals surface area contributed by atoms with Gasteiger partial charge in [-0.1, -0.05) is 18.2 Å². The molecule has 1 fully saturated rings. The molecule has 7 nitrogen and oxygen atoms in total. The lowest BCUT2D eigenvalue weighted by Crippen LogP contribution is -2.37. The largest absolute Gasteiger partial charge is 0.378 e. The molecule has 8 heteroatoms. The zero-order valence-electron chi connectivity index (χ0n) is 12.6. The lowest BCUT2D eigenvalue weighted by atomic mass is 10.0. The number of rotatable bonds is 5. The van der Waals surface area contributed by atoms with Crippen molar-refractivity contribution in [3.05, 3.63) is 42.0 Å². The Bertz CT molecular complexity index is 645. The zero-order valence-corrected chi connectivity index (χ0v) is 12.6. The molecule has 0 spiro atoms. The highest BCUT2D eigenvalue weighted by Gasteiger charge is 2.15. The molecule has 0 unspecified atom stereocenters. The molecule has 1 aliphatic rings. The third-order valence-electron chi connectivity index (χ3n) is 3.70. The molecule has 2 heterocycles. The summed E-state index contributed by atoms with van der Waals surface area (Å²) in [7, 11) is 0. The first-order valence-electron chi connectivity index (χ1n) is 7.40. The molecule has 1 saturated heterocycles. The number of anilines is 1. The van der Waals surface area contributed by atoms with Gasteiger partial charge in [0.15, 0.2) is 0 Å². The van der Waals surface area contributed by atoms with E-state index in [1.54, 1.807) is 30.6 Å². The number of benzene rings is 1. The van der Waals surface area contributed by atoms with Gasteiger partial charge in [0, 0.05) is 48.7 Å². The molecule has 0 aliphatic carbocycles. The molecular formula is C15H19FN6O. The molecule has 2 aromatic rings. The normalized spacial score (nSPS) is 15.0. The first kappa shape index (κ1) is 15.8. The van der Waals surface area contributed by atoms with Crippen molar-refractivity contribution in [2.24, 2.45) is 5.84 Å². The summed E-state index contributed by atoms with van der Waals surface area (Å²) < 4.78 is 19.9. The van der Waals surface area contributed by atoms with Crippen molar-refractivity contribution < 1.29 is 9.13 Å². The maximum Gasteiger partial charge on any atom is 0.225 e. The van der Waals surface area contributed by atoms with E-state index in [9.17, 15) is 4.39 Å². The van der Waals surface area contributed by atoms with Crippen molar-refractivity contribution >= 4 is 5.95 Å². The predicted molar refractivity (Wildman–Crippen MR) is 84.6 cm³/mol. The smallest absolute Gasteiger partial charge is 0.225 e. The lowest BCUT2D eigenvalue weighted by Gasteiger charge is -2.26. The molecule has 4 N–H and O–H groups in total. The summed E-state index contributed by atoms with van der Waals surface area (Å²) in [5, 5.41) is 0. The van der Waals surface area contributed by atoms with Gasteiger partial charge in [-0.15, -0.1) is 0 Å². The van der Waals surface area contributed by atoms with Gasteiger partial charge < -0.3 is 9.64 Å². The van der Waals surface area contributed by atoms with E-state index in [2.05, 4.69) is 25.8 Å². The quantitative estimate of drug-likeness (QED) is 0.549. The summed E-state index contributed by atoms with van der Waals surface area (Å²) in [6, 6.07) is 5.20. The van der Waals surface area contributed by atoms with E-state index in [1.807, 2.05) is 0 Å². The second kappa shape index (κ2) is 7.42. The van der Waals surface area contributed by atoms with E-state index in [0.29, 0.717) is 35.9 Å². The maximum absolute atomic E-state index is 14.5. The van der Waals surface area contributed by atoms with Gasteiger partial charge >= 0.3 is 0 Å². The summed E-state index contributed by atoms with van der Waals surface area (Å²) in [4.78, 5) is 10.8.